The maximum absolute atomic E-state index is 12.2. The maximum atomic E-state index is 12.2. The van der Waals surface area contributed by atoms with Gasteiger partial charge < -0.3 is 4.74 Å². The summed E-state index contributed by atoms with van der Waals surface area (Å²) < 4.78 is 6.12. The molecule has 0 spiro atoms. The first kappa shape index (κ1) is 15.2. The molecule has 0 unspecified atom stereocenters. The number of thioether (sulfide) groups is 1. The van der Waals surface area contributed by atoms with Crippen molar-refractivity contribution in [3.63, 3.8) is 0 Å². The zero-order valence-electron chi connectivity index (χ0n) is 12.1. The van der Waals surface area contributed by atoms with Crippen molar-refractivity contribution in [3.8, 4) is 0 Å². The van der Waals surface area contributed by atoms with Gasteiger partial charge >= 0.3 is 5.97 Å². The van der Waals surface area contributed by atoms with E-state index in [9.17, 15) is 9.59 Å². The van der Waals surface area contributed by atoms with E-state index in [-0.39, 0.29) is 18.0 Å². The molecule has 0 fully saturated rings. The van der Waals surface area contributed by atoms with Crippen LogP contribution >= 0.6 is 11.8 Å². The first-order valence-electron chi connectivity index (χ1n) is 6.90. The number of carbonyl (C=O) groups excluding carboxylic acids is 1. The van der Waals surface area contributed by atoms with Gasteiger partial charge in [0.1, 0.15) is 5.52 Å². The van der Waals surface area contributed by atoms with Gasteiger partial charge in [-0.3, -0.25) is 9.59 Å². The van der Waals surface area contributed by atoms with Gasteiger partial charge in [0, 0.05) is 4.90 Å². The molecule has 23 heavy (non-hydrogen) atoms. The molecule has 7 heteroatoms. The Kier molecular flexibility index (Phi) is 4.68. The molecule has 3 rings (SSSR count). The number of ether oxygens (including phenoxy) is 1. The number of nitrogens with zero attached hydrogens (tertiary/aromatic N) is 3. The van der Waals surface area contributed by atoms with Gasteiger partial charge in [0.25, 0.3) is 5.56 Å². The molecule has 6 nitrogen and oxygen atoms in total. The molecule has 0 N–H and O–H groups in total. The van der Waals surface area contributed by atoms with E-state index in [2.05, 4.69) is 10.3 Å². The van der Waals surface area contributed by atoms with Gasteiger partial charge in [-0.05, 0) is 24.3 Å². The molecular weight excluding hydrogens is 314 g/mol. The predicted molar refractivity (Wildman–Crippen MR) is 87.1 cm³/mol. The minimum Gasteiger partial charge on any atom is -0.441 e. The minimum atomic E-state index is -0.416. The van der Waals surface area contributed by atoms with Crippen molar-refractivity contribution in [2.45, 2.75) is 11.6 Å². The van der Waals surface area contributed by atoms with Gasteiger partial charge in [-0.15, -0.1) is 16.9 Å². The number of esters is 1. The summed E-state index contributed by atoms with van der Waals surface area (Å²) in [6.07, 6.45) is 0. The highest BCUT2D eigenvalue weighted by Crippen LogP contribution is 2.16. The molecular formula is C16H13N3O3S. The third kappa shape index (κ3) is 3.75. The fourth-order valence-electron chi connectivity index (χ4n) is 1.94. The average Bonchev–Trinajstić information content (AvgIpc) is 2.60. The van der Waals surface area contributed by atoms with Crippen LogP contribution in [0, 0.1) is 0 Å². The fraction of sp³-hybridized carbons (Fsp3) is 0.125. The van der Waals surface area contributed by atoms with Gasteiger partial charge in [0.2, 0.25) is 0 Å². The molecule has 0 amide bonds. The summed E-state index contributed by atoms with van der Waals surface area (Å²) in [7, 11) is 0. The van der Waals surface area contributed by atoms with E-state index in [1.54, 1.807) is 24.3 Å². The summed E-state index contributed by atoms with van der Waals surface area (Å²) in [5, 5.41) is 8.14. The van der Waals surface area contributed by atoms with Crippen LogP contribution in [0.25, 0.3) is 10.9 Å². The number of carbonyl (C=O) groups is 1. The Balaban J connectivity index is 1.61. The van der Waals surface area contributed by atoms with Crippen LogP contribution < -0.4 is 5.56 Å². The Morgan fingerprint density at radius 3 is 2.65 bits per heavy atom. The number of hydrogen-bond acceptors (Lipinski definition) is 6. The van der Waals surface area contributed by atoms with Crippen LogP contribution in [0.4, 0.5) is 0 Å². The lowest BCUT2D eigenvalue weighted by atomic mass is 10.2. The Morgan fingerprint density at radius 2 is 1.83 bits per heavy atom. The molecule has 0 saturated heterocycles. The summed E-state index contributed by atoms with van der Waals surface area (Å²) in [5.41, 5.74) is 0.179. The van der Waals surface area contributed by atoms with E-state index in [0.29, 0.717) is 10.9 Å². The van der Waals surface area contributed by atoms with Gasteiger partial charge in [-0.25, -0.2) is 0 Å². The molecule has 1 aromatic heterocycles. The van der Waals surface area contributed by atoms with Crippen LogP contribution in [0.15, 0.2) is 64.3 Å². The van der Waals surface area contributed by atoms with E-state index in [1.165, 1.54) is 11.8 Å². The second kappa shape index (κ2) is 7.06. The average molecular weight is 327 g/mol. The topological polar surface area (TPSA) is 74.1 Å². The summed E-state index contributed by atoms with van der Waals surface area (Å²) in [6, 6.07) is 16.4. The van der Waals surface area contributed by atoms with E-state index in [1.807, 2.05) is 30.3 Å². The van der Waals surface area contributed by atoms with Crippen molar-refractivity contribution in [2.75, 3.05) is 5.75 Å². The monoisotopic (exact) mass is 327 g/mol. The third-order valence-corrected chi connectivity index (χ3v) is 4.06. The SMILES string of the molecule is O=C(CSc1ccccc1)OCn1nnc2ccccc2c1=O. The van der Waals surface area contributed by atoms with E-state index >= 15 is 0 Å². The zero-order valence-corrected chi connectivity index (χ0v) is 12.9. The van der Waals surface area contributed by atoms with Crippen molar-refractivity contribution in [2.24, 2.45) is 0 Å². The fourth-order valence-corrected chi connectivity index (χ4v) is 2.66. The number of aromatic nitrogens is 3. The highest BCUT2D eigenvalue weighted by Gasteiger charge is 2.08. The van der Waals surface area contributed by atoms with Crippen LogP contribution in [0.1, 0.15) is 0 Å². The van der Waals surface area contributed by atoms with Gasteiger partial charge in [-0.1, -0.05) is 35.5 Å². The first-order valence-corrected chi connectivity index (χ1v) is 7.88. The summed E-state index contributed by atoms with van der Waals surface area (Å²) in [6.45, 7) is -0.245. The van der Waals surface area contributed by atoms with E-state index in [0.717, 1.165) is 9.58 Å². The first-order chi connectivity index (χ1) is 11.2. The lowest BCUT2D eigenvalue weighted by Crippen LogP contribution is -2.26. The normalized spacial score (nSPS) is 10.6. The minimum absolute atomic E-state index is 0.166. The number of fused-ring (bicyclic) bond motifs is 1. The molecule has 116 valence electrons. The number of benzene rings is 2. The molecule has 0 aliphatic heterocycles. The highest BCUT2D eigenvalue weighted by molar-refractivity contribution is 8.00. The standard InChI is InChI=1S/C16H13N3O3S/c20-15(10-23-12-6-2-1-3-7-12)22-11-19-16(21)13-8-4-5-9-14(13)17-18-19/h1-9H,10-11H2. The largest absolute Gasteiger partial charge is 0.441 e. The van der Waals surface area contributed by atoms with E-state index in [4.69, 9.17) is 4.74 Å². The summed E-state index contributed by atoms with van der Waals surface area (Å²) >= 11 is 1.37. The molecule has 2 aromatic carbocycles. The molecule has 3 aromatic rings. The van der Waals surface area contributed by atoms with Crippen LogP contribution in [0.5, 0.6) is 0 Å². The summed E-state index contributed by atoms with van der Waals surface area (Å²) in [5.74, 6) is -0.250. The number of rotatable bonds is 5. The van der Waals surface area contributed by atoms with Gasteiger partial charge in [0.05, 0.1) is 11.1 Å². The Labute approximate surface area is 136 Å². The lowest BCUT2D eigenvalue weighted by Gasteiger charge is -2.06. The highest BCUT2D eigenvalue weighted by atomic mass is 32.2. The molecule has 1 heterocycles. The van der Waals surface area contributed by atoms with Gasteiger partial charge in [-0.2, -0.15) is 4.68 Å². The predicted octanol–water partition coefficient (Wildman–Crippen LogP) is 2.08. The Morgan fingerprint density at radius 1 is 1.09 bits per heavy atom. The second-order valence-electron chi connectivity index (χ2n) is 4.66. The number of hydrogen-bond donors (Lipinski definition) is 0. The van der Waals surface area contributed by atoms with Crippen molar-refractivity contribution in [1.82, 2.24) is 15.0 Å². The molecule has 0 aliphatic rings. The Hall–Kier alpha value is -2.67. The van der Waals surface area contributed by atoms with Crippen molar-refractivity contribution in [3.05, 3.63) is 65.0 Å². The van der Waals surface area contributed by atoms with Crippen molar-refractivity contribution >= 4 is 28.6 Å². The molecule has 0 aliphatic carbocycles. The molecule has 0 atom stereocenters. The van der Waals surface area contributed by atoms with Crippen LogP contribution in [0.3, 0.4) is 0 Å². The Bertz CT molecular complexity index is 880. The quantitative estimate of drug-likeness (QED) is 0.528. The van der Waals surface area contributed by atoms with E-state index < -0.39 is 5.97 Å². The van der Waals surface area contributed by atoms with Crippen molar-refractivity contribution in [1.29, 1.82) is 0 Å². The van der Waals surface area contributed by atoms with Gasteiger partial charge in [0.15, 0.2) is 6.73 Å². The smallest absolute Gasteiger partial charge is 0.318 e. The van der Waals surface area contributed by atoms with Crippen LogP contribution in [-0.4, -0.2) is 26.7 Å². The second-order valence-corrected chi connectivity index (χ2v) is 5.71. The van der Waals surface area contributed by atoms with Crippen molar-refractivity contribution < 1.29 is 9.53 Å². The van der Waals surface area contributed by atoms with Crippen LogP contribution in [0.2, 0.25) is 0 Å². The van der Waals surface area contributed by atoms with Crippen LogP contribution in [-0.2, 0) is 16.3 Å². The lowest BCUT2D eigenvalue weighted by molar-refractivity contribution is -0.144. The summed E-state index contributed by atoms with van der Waals surface area (Å²) in [4.78, 5) is 24.9. The maximum Gasteiger partial charge on any atom is 0.318 e. The third-order valence-electron chi connectivity index (χ3n) is 3.08. The molecule has 0 bridgehead atoms. The molecule has 0 saturated carbocycles. The molecule has 0 radical (unpaired) electrons. The zero-order chi connectivity index (χ0) is 16.1.